The summed E-state index contributed by atoms with van der Waals surface area (Å²) in [5.41, 5.74) is 3.45. The van der Waals surface area contributed by atoms with Crippen molar-refractivity contribution in [1.82, 2.24) is 15.2 Å². The van der Waals surface area contributed by atoms with Gasteiger partial charge in [-0.2, -0.15) is 5.10 Å². The minimum atomic E-state index is -0.246. The number of nitrogens with one attached hydrogen (secondary N) is 2. The molecule has 158 valence electrons. The molecule has 2 amide bonds. The number of aryl methyl sites for hydroxylation is 1. The lowest BCUT2D eigenvalue weighted by Crippen LogP contribution is -2.15. The molecule has 1 saturated carbocycles. The maximum Gasteiger partial charge on any atom is 0.256 e. The van der Waals surface area contributed by atoms with Crippen LogP contribution in [0.4, 0.5) is 11.5 Å². The zero-order chi connectivity index (χ0) is 22.1. The number of fused-ring (bicyclic) bond motifs is 1. The van der Waals surface area contributed by atoms with Crippen LogP contribution < -0.4 is 10.6 Å². The van der Waals surface area contributed by atoms with Gasteiger partial charge in [-0.25, -0.2) is 0 Å². The van der Waals surface area contributed by atoms with Crippen LogP contribution in [0.15, 0.2) is 73.2 Å². The van der Waals surface area contributed by atoms with Gasteiger partial charge in [0.05, 0.1) is 0 Å². The largest absolute Gasteiger partial charge is 0.326 e. The minimum absolute atomic E-state index is 0.0190. The van der Waals surface area contributed by atoms with Gasteiger partial charge in [0.15, 0.2) is 5.82 Å². The van der Waals surface area contributed by atoms with E-state index in [-0.39, 0.29) is 23.7 Å². The van der Waals surface area contributed by atoms with Gasteiger partial charge in [0.2, 0.25) is 5.91 Å². The van der Waals surface area contributed by atoms with E-state index in [9.17, 15) is 9.59 Å². The summed E-state index contributed by atoms with van der Waals surface area (Å²) in [4.78, 5) is 29.3. The molecule has 0 aliphatic heterocycles. The molecule has 2 aromatic heterocycles. The van der Waals surface area contributed by atoms with E-state index in [1.54, 1.807) is 30.5 Å². The van der Waals surface area contributed by atoms with Crippen LogP contribution in [0, 0.1) is 12.8 Å². The number of carbonyl (C=O) groups excluding carboxylic acids is 2. The Balaban J connectivity index is 1.22. The van der Waals surface area contributed by atoms with E-state index in [2.05, 4.69) is 25.8 Å². The van der Waals surface area contributed by atoms with Crippen LogP contribution in [0.5, 0.6) is 0 Å². The molecule has 0 spiro atoms. The van der Waals surface area contributed by atoms with Crippen LogP contribution in [-0.2, 0) is 4.79 Å². The summed E-state index contributed by atoms with van der Waals surface area (Å²) in [5.74, 6) is 0.275. The van der Waals surface area contributed by atoms with Crippen LogP contribution in [0.1, 0.15) is 33.8 Å². The molecule has 1 fully saturated rings. The van der Waals surface area contributed by atoms with E-state index in [1.165, 1.54) is 0 Å². The molecule has 0 saturated heterocycles. The normalized spacial score (nSPS) is 17.0. The third-order valence-corrected chi connectivity index (χ3v) is 5.77. The Hall–Kier alpha value is -4.13. The van der Waals surface area contributed by atoms with Gasteiger partial charge in [0.1, 0.15) is 0 Å². The van der Waals surface area contributed by atoms with Crippen molar-refractivity contribution in [3.05, 3.63) is 89.9 Å². The third-order valence-electron chi connectivity index (χ3n) is 5.77. The van der Waals surface area contributed by atoms with Crippen LogP contribution in [0.3, 0.4) is 0 Å². The van der Waals surface area contributed by atoms with Crippen LogP contribution in [-0.4, -0.2) is 27.0 Å². The number of rotatable bonds is 5. The van der Waals surface area contributed by atoms with Gasteiger partial charge < -0.3 is 10.6 Å². The van der Waals surface area contributed by atoms with E-state index in [0.717, 1.165) is 34.0 Å². The first-order chi connectivity index (χ1) is 15.6. The number of aromatic nitrogens is 3. The molecule has 32 heavy (non-hydrogen) atoms. The first-order valence-electron chi connectivity index (χ1n) is 10.4. The fourth-order valence-electron chi connectivity index (χ4n) is 3.91. The summed E-state index contributed by atoms with van der Waals surface area (Å²) in [5, 5.41) is 15.5. The molecule has 2 aromatic carbocycles. The molecule has 2 N–H and O–H groups in total. The first-order valence-corrected chi connectivity index (χ1v) is 10.4. The molecule has 7 nitrogen and oxygen atoms in total. The molecule has 5 rings (SSSR count). The van der Waals surface area contributed by atoms with Crippen LogP contribution in [0.2, 0.25) is 0 Å². The summed E-state index contributed by atoms with van der Waals surface area (Å²) in [7, 11) is 0. The topological polar surface area (TPSA) is 96.9 Å². The van der Waals surface area contributed by atoms with Crippen molar-refractivity contribution in [2.75, 3.05) is 10.6 Å². The Kier molecular flexibility index (Phi) is 5.07. The summed E-state index contributed by atoms with van der Waals surface area (Å²) >= 11 is 0. The Labute approximate surface area is 184 Å². The summed E-state index contributed by atoms with van der Waals surface area (Å²) < 4.78 is 0. The lowest BCUT2D eigenvalue weighted by atomic mass is 10.1. The maximum absolute atomic E-state index is 12.8. The Bertz CT molecular complexity index is 1310. The van der Waals surface area contributed by atoms with E-state index in [4.69, 9.17) is 0 Å². The van der Waals surface area contributed by atoms with Crippen molar-refractivity contribution < 1.29 is 9.59 Å². The van der Waals surface area contributed by atoms with Gasteiger partial charge in [0, 0.05) is 41.1 Å². The number of carbonyl (C=O) groups is 2. The SMILES string of the molecule is Cc1cncc2ccc(NC(=O)[C@@H]3CC3c3ccc(C(=O)Nc4cccnn4)cc3)cc12. The first kappa shape index (κ1) is 19.8. The number of hydrogen-bond acceptors (Lipinski definition) is 5. The number of hydrogen-bond donors (Lipinski definition) is 2. The second kappa shape index (κ2) is 8.19. The van der Waals surface area contributed by atoms with Gasteiger partial charge in [-0.15, -0.1) is 5.10 Å². The van der Waals surface area contributed by atoms with E-state index < -0.39 is 0 Å². The number of nitrogens with zero attached hydrogens (tertiary/aromatic N) is 3. The van der Waals surface area contributed by atoms with Crippen molar-refractivity contribution >= 4 is 34.1 Å². The molecule has 2 atom stereocenters. The highest BCUT2D eigenvalue weighted by Gasteiger charge is 2.43. The van der Waals surface area contributed by atoms with Gasteiger partial charge in [-0.1, -0.05) is 18.2 Å². The molecule has 4 aromatic rings. The maximum atomic E-state index is 12.8. The number of pyridine rings is 1. The highest BCUT2D eigenvalue weighted by Crippen LogP contribution is 2.48. The van der Waals surface area contributed by atoms with E-state index in [1.807, 2.05) is 49.6 Å². The van der Waals surface area contributed by atoms with Crippen molar-refractivity contribution in [3.63, 3.8) is 0 Å². The second-order valence-electron chi connectivity index (χ2n) is 8.02. The Morgan fingerprint density at radius 1 is 1.00 bits per heavy atom. The second-order valence-corrected chi connectivity index (χ2v) is 8.02. The molecule has 7 heteroatoms. The molecule has 0 radical (unpaired) electrons. The van der Waals surface area contributed by atoms with Crippen LogP contribution in [0.25, 0.3) is 10.8 Å². The lowest BCUT2D eigenvalue weighted by molar-refractivity contribution is -0.117. The summed E-state index contributed by atoms with van der Waals surface area (Å²) in [6, 6.07) is 16.6. The Morgan fingerprint density at radius 3 is 2.62 bits per heavy atom. The molecule has 2 heterocycles. The monoisotopic (exact) mass is 423 g/mol. The zero-order valence-electron chi connectivity index (χ0n) is 17.4. The average molecular weight is 423 g/mol. The summed E-state index contributed by atoms with van der Waals surface area (Å²) in [6.07, 6.45) is 5.99. The van der Waals surface area contributed by atoms with Crippen molar-refractivity contribution in [3.8, 4) is 0 Å². The fraction of sp³-hybridized carbons (Fsp3) is 0.160. The average Bonchev–Trinajstić information content (AvgIpc) is 3.62. The van der Waals surface area contributed by atoms with Gasteiger partial charge in [-0.05, 0) is 72.2 Å². The van der Waals surface area contributed by atoms with Crippen molar-refractivity contribution in [1.29, 1.82) is 0 Å². The predicted molar refractivity (Wildman–Crippen MR) is 122 cm³/mol. The van der Waals surface area contributed by atoms with E-state index >= 15 is 0 Å². The standard InChI is InChI=1S/C25H21N5O2/c1-15-13-26-14-18-8-9-19(11-20(15)18)28-25(32)22-12-21(22)16-4-6-17(7-5-16)24(31)29-23-3-2-10-27-30-23/h2-11,13-14,21-22H,12H2,1H3,(H,28,32)(H,29,30,31)/t21?,22-/m1/s1. The molecule has 1 aliphatic rings. The highest BCUT2D eigenvalue weighted by atomic mass is 16.2. The molecular formula is C25H21N5O2. The quantitative estimate of drug-likeness (QED) is 0.498. The number of amides is 2. The molecular weight excluding hydrogens is 402 g/mol. The number of anilines is 2. The van der Waals surface area contributed by atoms with Crippen molar-refractivity contribution in [2.24, 2.45) is 5.92 Å². The van der Waals surface area contributed by atoms with E-state index in [0.29, 0.717) is 11.4 Å². The zero-order valence-corrected chi connectivity index (χ0v) is 17.4. The Morgan fingerprint density at radius 2 is 1.84 bits per heavy atom. The van der Waals surface area contributed by atoms with Gasteiger partial charge in [0.25, 0.3) is 5.91 Å². The smallest absolute Gasteiger partial charge is 0.256 e. The molecule has 1 aliphatic carbocycles. The third kappa shape index (κ3) is 4.05. The predicted octanol–water partition coefficient (Wildman–Crippen LogP) is 4.33. The highest BCUT2D eigenvalue weighted by molar-refractivity contribution is 6.03. The molecule has 0 bridgehead atoms. The summed E-state index contributed by atoms with van der Waals surface area (Å²) in [6.45, 7) is 2.01. The molecule has 1 unspecified atom stereocenters. The van der Waals surface area contributed by atoms with Crippen LogP contribution >= 0.6 is 0 Å². The lowest BCUT2D eigenvalue weighted by Gasteiger charge is -2.08. The van der Waals surface area contributed by atoms with Crippen molar-refractivity contribution in [2.45, 2.75) is 19.3 Å². The minimum Gasteiger partial charge on any atom is -0.326 e. The fourth-order valence-corrected chi connectivity index (χ4v) is 3.91. The van der Waals surface area contributed by atoms with Gasteiger partial charge >= 0.3 is 0 Å². The number of benzene rings is 2. The van der Waals surface area contributed by atoms with Gasteiger partial charge in [-0.3, -0.25) is 14.6 Å².